The summed E-state index contributed by atoms with van der Waals surface area (Å²) in [5, 5.41) is 23.9. The Morgan fingerprint density at radius 1 is 1.03 bits per heavy atom. The lowest BCUT2D eigenvalue weighted by Gasteiger charge is -2.08. The van der Waals surface area contributed by atoms with E-state index >= 15 is 0 Å². The van der Waals surface area contributed by atoms with E-state index in [1.54, 1.807) is 43.4 Å². The molecule has 0 aliphatic carbocycles. The predicted octanol–water partition coefficient (Wildman–Crippen LogP) is 4.92. The molecule has 2 heterocycles. The van der Waals surface area contributed by atoms with Gasteiger partial charge in [0.25, 0.3) is 5.89 Å². The van der Waals surface area contributed by atoms with Crippen LogP contribution in [0.15, 0.2) is 86.8 Å². The zero-order chi connectivity index (χ0) is 24.9. The molecular formula is C24H17BrFN7O3. The Balaban J connectivity index is 1.30. The summed E-state index contributed by atoms with van der Waals surface area (Å²) in [6, 6.07) is 20.7. The summed E-state index contributed by atoms with van der Waals surface area (Å²) in [6.07, 6.45) is 0. The van der Waals surface area contributed by atoms with E-state index in [2.05, 4.69) is 46.8 Å². The first-order chi connectivity index (χ1) is 17.6. The van der Waals surface area contributed by atoms with E-state index < -0.39 is 5.82 Å². The Morgan fingerprint density at radius 3 is 2.58 bits per heavy atom. The van der Waals surface area contributed by atoms with E-state index in [0.29, 0.717) is 27.3 Å². The van der Waals surface area contributed by atoms with Gasteiger partial charge in [-0.1, -0.05) is 47.6 Å². The molecule has 12 heteroatoms. The third-order valence-electron chi connectivity index (χ3n) is 4.93. The van der Waals surface area contributed by atoms with Gasteiger partial charge in [-0.3, -0.25) is 0 Å². The Bertz CT molecular complexity index is 1520. The van der Waals surface area contributed by atoms with Crippen molar-refractivity contribution in [2.75, 3.05) is 0 Å². The van der Waals surface area contributed by atoms with Crippen LogP contribution in [-0.4, -0.2) is 36.1 Å². The zero-order valence-corrected chi connectivity index (χ0v) is 20.3. The zero-order valence-electron chi connectivity index (χ0n) is 18.7. The smallest absolute Gasteiger partial charge is 0.257 e. The van der Waals surface area contributed by atoms with E-state index in [0.717, 1.165) is 5.56 Å². The molecule has 0 spiro atoms. The lowest BCUT2D eigenvalue weighted by Crippen LogP contribution is -2.12. The number of hydrogen-bond acceptors (Lipinski definition) is 9. The standard InChI is InChI=1S/C24H17BrFN7O3/c1-33-23(28-31-32-33)22(15-7-3-2-4-8-15)30-34-14-21-27-29-24(36-21)17-12-11-16(13-18(17)25)35-20-10-6-5-9-19(20)26/h2-13H,14H2,1H3/b30-22-. The van der Waals surface area contributed by atoms with E-state index in [-0.39, 0.29) is 24.1 Å². The Labute approximate surface area is 212 Å². The van der Waals surface area contributed by atoms with Crippen LogP contribution >= 0.6 is 15.9 Å². The summed E-state index contributed by atoms with van der Waals surface area (Å²) in [6.45, 7) is -0.0687. The highest BCUT2D eigenvalue weighted by molar-refractivity contribution is 9.10. The third kappa shape index (κ3) is 5.13. The van der Waals surface area contributed by atoms with E-state index in [9.17, 15) is 4.39 Å². The molecule has 180 valence electrons. The van der Waals surface area contributed by atoms with Gasteiger partial charge in [-0.25, -0.2) is 9.07 Å². The number of halogens is 2. The van der Waals surface area contributed by atoms with Crippen molar-refractivity contribution in [1.82, 2.24) is 30.4 Å². The van der Waals surface area contributed by atoms with Gasteiger partial charge in [0, 0.05) is 17.1 Å². The summed E-state index contributed by atoms with van der Waals surface area (Å²) < 4.78 is 27.3. The number of para-hydroxylation sites is 1. The molecule has 0 saturated carbocycles. The lowest BCUT2D eigenvalue weighted by molar-refractivity contribution is 0.111. The van der Waals surface area contributed by atoms with Gasteiger partial charge >= 0.3 is 0 Å². The molecule has 0 aliphatic rings. The van der Waals surface area contributed by atoms with Crippen molar-refractivity contribution in [3.05, 3.63) is 100 Å². The van der Waals surface area contributed by atoms with Crippen molar-refractivity contribution < 1.29 is 18.4 Å². The number of oxime groups is 1. The molecule has 0 radical (unpaired) electrons. The van der Waals surface area contributed by atoms with Crippen LogP contribution in [0.1, 0.15) is 17.3 Å². The van der Waals surface area contributed by atoms with Crippen LogP contribution in [0.2, 0.25) is 0 Å². The molecule has 5 aromatic rings. The van der Waals surface area contributed by atoms with Crippen LogP contribution < -0.4 is 4.74 Å². The van der Waals surface area contributed by atoms with Crippen LogP contribution in [0, 0.1) is 5.82 Å². The molecular weight excluding hydrogens is 533 g/mol. The van der Waals surface area contributed by atoms with Gasteiger partial charge < -0.3 is 14.0 Å². The fraction of sp³-hybridized carbons (Fsp3) is 0.0833. The molecule has 36 heavy (non-hydrogen) atoms. The fourth-order valence-electron chi connectivity index (χ4n) is 3.21. The molecule has 2 aromatic heterocycles. The maximum Gasteiger partial charge on any atom is 0.257 e. The normalized spacial score (nSPS) is 11.5. The molecule has 0 aliphatic heterocycles. The van der Waals surface area contributed by atoms with Gasteiger partial charge in [-0.05, 0) is 56.7 Å². The molecule has 3 aromatic carbocycles. The van der Waals surface area contributed by atoms with Gasteiger partial charge in [-0.2, -0.15) is 0 Å². The van der Waals surface area contributed by atoms with Crippen LogP contribution in [0.3, 0.4) is 0 Å². The van der Waals surface area contributed by atoms with Crippen LogP contribution in [0.25, 0.3) is 11.5 Å². The van der Waals surface area contributed by atoms with Gasteiger partial charge in [0.2, 0.25) is 11.7 Å². The maximum atomic E-state index is 13.9. The van der Waals surface area contributed by atoms with E-state index in [1.165, 1.54) is 10.7 Å². The van der Waals surface area contributed by atoms with Crippen molar-refractivity contribution >= 4 is 21.6 Å². The number of hydrogen-bond donors (Lipinski definition) is 0. The number of aryl methyl sites for hydroxylation is 1. The number of ether oxygens (including phenoxy) is 1. The lowest BCUT2D eigenvalue weighted by atomic mass is 10.1. The first-order valence-electron chi connectivity index (χ1n) is 10.6. The fourth-order valence-corrected chi connectivity index (χ4v) is 3.74. The second-order valence-electron chi connectivity index (χ2n) is 7.38. The largest absolute Gasteiger partial charge is 0.454 e. The highest BCUT2D eigenvalue weighted by atomic mass is 79.9. The summed E-state index contributed by atoms with van der Waals surface area (Å²) >= 11 is 3.48. The number of rotatable bonds is 8. The molecule has 0 bridgehead atoms. The van der Waals surface area contributed by atoms with Gasteiger partial charge in [0.15, 0.2) is 23.9 Å². The van der Waals surface area contributed by atoms with Crippen molar-refractivity contribution in [1.29, 1.82) is 0 Å². The molecule has 10 nitrogen and oxygen atoms in total. The maximum absolute atomic E-state index is 13.9. The Hall–Kier alpha value is -4.45. The number of benzene rings is 3. The monoisotopic (exact) mass is 549 g/mol. The summed E-state index contributed by atoms with van der Waals surface area (Å²) in [7, 11) is 1.71. The average molecular weight is 550 g/mol. The summed E-state index contributed by atoms with van der Waals surface area (Å²) in [5.41, 5.74) is 1.87. The molecule has 0 amide bonds. The van der Waals surface area contributed by atoms with Crippen molar-refractivity contribution in [3.63, 3.8) is 0 Å². The highest BCUT2D eigenvalue weighted by Crippen LogP contribution is 2.33. The minimum Gasteiger partial charge on any atom is -0.454 e. The minimum absolute atomic E-state index is 0.0687. The van der Waals surface area contributed by atoms with E-state index in [4.69, 9.17) is 14.0 Å². The average Bonchev–Trinajstić information content (AvgIpc) is 3.53. The quantitative estimate of drug-likeness (QED) is 0.198. The molecule has 0 atom stereocenters. The Morgan fingerprint density at radius 2 is 1.83 bits per heavy atom. The molecule has 5 rings (SSSR count). The molecule has 0 fully saturated rings. The Kier molecular flexibility index (Phi) is 6.76. The summed E-state index contributed by atoms with van der Waals surface area (Å²) in [5.74, 6) is 1.04. The van der Waals surface area contributed by atoms with Gasteiger partial charge in [-0.15, -0.1) is 15.3 Å². The van der Waals surface area contributed by atoms with Crippen LogP contribution in [0.5, 0.6) is 11.5 Å². The van der Waals surface area contributed by atoms with E-state index in [1.807, 2.05) is 30.3 Å². The molecule has 0 unspecified atom stereocenters. The first kappa shape index (κ1) is 23.3. The van der Waals surface area contributed by atoms with Crippen molar-refractivity contribution in [3.8, 4) is 23.0 Å². The SMILES string of the molecule is Cn1nnnc1/C(=N\OCc1nnc(-c2ccc(Oc3ccccc3F)cc2Br)o1)c1ccccc1. The van der Waals surface area contributed by atoms with Gasteiger partial charge in [0.1, 0.15) is 5.75 Å². The first-order valence-corrected chi connectivity index (χ1v) is 11.4. The summed E-state index contributed by atoms with van der Waals surface area (Å²) in [4.78, 5) is 5.51. The second kappa shape index (κ2) is 10.4. The van der Waals surface area contributed by atoms with Crippen LogP contribution in [-0.2, 0) is 18.5 Å². The predicted molar refractivity (Wildman–Crippen MR) is 130 cm³/mol. The van der Waals surface area contributed by atoms with Crippen molar-refractivity contribution in [2.45, 2.75) is 6.61 Å². The van der Waals surface area contributed by atoms with Crippen molar-refractivity contribution in [2.24, 2.45) is 12.2 Å². The van der Waals surface area contributed by atoms with Gasteiger partial charge in [0.05, 0.1) is 5.56 Å². The van der Waals surface area contributed by atoms with Crippen LogP contribution in [0.4, 0.5) is 4.39 Å². The third-order valence-corrected chi connectivity index (χ3v) is 5.58. The topological polar surface area (TPSA) is 113 Å². The second-order valence-corrected chi connectivity index (χ2v) is 8.23. The molecule has 0 N–H and O–H groups in total. The number of aromatic nitrogens is 6. The minimum atomic E-state index is -0.451. The number of nitrogens with zero attached hydrogens (tertiary/aromatic N) is 7. The highest BCUT2D eigenvalue weighted by Gasteiger charge is 2.16. The number of tetrazole rings is 1. The molecule has 0 saturated heterocycles.